The van der Waals surface area contributed by atoms with E-state index in [0.717, 1.165) is 11.1 Å². The first-order chi connectivity index (χ1) is 8.87. The Balaban J connectivity index is 2.07. The van der Waals surface area contributed by atoms with E-state index in [9.17, 15) is 9.90 Å². The van der Waals surface area contributed by atoms with E-state index in [1.54, 1.807) is 26.8 Å². The number of aliphatic hydroxyl groups is 1. The summed E-state index contributed by atoms with van der Waals surface area (Å²) in [6.45, 7) is 5.40. The number of aliphatic hydroxyl groups excluding tert-OH is 1. The molecule has 0 unspecified atom stereocenters. The highest BCUT2D eigenvalue weighted by Gasteiger charge is 2.27. The number of rotatable bonds is 1. The summed E-state index contributed by atoms with van der Waals surface area (Å²) in [5.41, 5.74) is 1.23. The Kier molecular flexibility index (Phi) is 3.62. The monoisotopic (exact) mass is 261 g/mol. The number of fused-ring (bicyclic) bond motifs is 1. The predicted molar refractivity (Wildman–Crippen MR) is 73.6 cm³/mol. The van der Waals surface area contributed by atoms with Gasteiger partial charge in [0.05, 0.1) is 6.04 Å². The summed E-state index contributed by atoms with van der Waals surface area (Å²) >= 11 is 0. The van der Waals surface area contributed by atoms with Crippen molar-refractivity contribution in [3.63, 3.8) is 0 Å². The molecule has 0 spiro atoms. The van der Waals surface area contributed by atoms with Crippen LogP contribution in [0.4, 0.5) is 4.79 Å². The second kappa shape index (κ2) is 5.05. The van der Waals surface area contributed by atoms with Gasteiger partial charge in [-0.25, -0.2) is 4.79 Å². The predicted octanol–water partition coefficient (Wildman–Crippen LogP) is 2.64. The highest BCUT2D eigenvalue weighted by Crippen LogP contribution is 2.27. The molecule has 0 aliphatic heterocycles. The molecule has 0 saturated heterocycles. The highest BCUT2D eigenvalue weighted by atomic mass is 16.6. The fraction of sp³-hybridized carbons (Fsp3) is 0.400. The lowest BCUT2D eigenvalue weighted by Crippen LogP contribution is -2.42. The van der Waals surface area contributed by atoms with Crippen LogP contribution < -0.4 is 5.32 Å². The van der Waals surface area contributed by atoms with Gasteiger partial charge in [0, 0.05) is 0 Å². The first-order valence-corrected chi connectivity index (χ1v) is 6.31. The van der Waals surface area contributed by atoms with Crippen molar-refractivity contribution in [1.82, 2.24) is 5.32 Å². The van der Waals surface area contributed by atoms with Crippen LogP contribution in [0.15, 0.2) is 30.3 Å². The average Bonchev–Trinajstić information content (AvgIpc) is 2.31. The minimum Gasteiger partial charge on any atom is -0.444 e. The third-order valence-electron chi connectivity index (χ3n) is 2.82. The SMILES string of the molecule is CC(C)(C)OC(=O)N[C@@H]1C=Cc2ccccc2[C@H]1O. The van der Waals surface area contributed by atoms with Gasteiger partial charge in [0.25, 0.3) is 0 Å². The van der Waals surface area contributed by atoms with E-state index < -0.39 is 23.8 Å². The summed E-state index contributed by atoms with van der Waals surface area (Å²) in [6, 6.07) is 7.10. The Morgan fingerprint density at radius 1 is 1.32 bits per heavy atom. The van der Waals surface area contributed by atoms with Gasteiger partial charge in [-0.2, -0.15) is 0 Å². The van der Waals surface area contributed by atoms with Crippen molar-refractivity contribution in [2.75, 3.05) is 0 Å². The van der Waals surface area contributed by atoms with Crippen molar-refractivity contribution in [3.8, 4) is 0 Å². The fourth-order valence-corrected chi connectivity index (χ4v) is 2.01. The Morgan fingerprint density at radius 2 is 2.00 bits per heavy atom. The minimum absolute atomic E-state index is 0.468. The number of hydrogen-bond donors (Lipinski definition) is 2. The number of hydrogen-bond acceptors (Lipinski definition) is 3. The van der Waals surface area contributed by atoms with Gasteiger partial charge >= 0.3 is 6.09 Å². The molecule has 1 aromatic rings. The van der Waals surface area contributed by atoms with Crippen LogP contribution in [-0.2, 0) is 4.74 Å². The zero-order valence-corrected chi connectivity index (χ0v) is 11.4. The number of nitrogens with one attached hydrogen (secondary N) is 1. The summed E-state index contributed by atoms with van der Waals surface area (Å²) < 4.78 is 5.18. The number of ether oxygens (including phenoxy) is 1. The van der Waals surface area contributed by atoms with Crippen molar-refractivity contribution in [2.24, 2.45) is 0 Å². The van der Waals surface area contributed by atoms with Crippen LogP contribution in [0.2, 0.25) is 0 Å². The summed E-state index contributed by atoms with van der Waals surface area (Å²) in [4.78, 5) is 11.7. The Bertz CT molecular complexity index is 502. The van der Waals surface area contributed by atoms with Gasteiger partial charge in [0.1, 0.15) is 11.7 Å². The Hall–Kier alpha value is -1.81. The van der Waals surface area contributed by atoms with Crippen LogP contribution in [0.3, 0.4) is 0 Å². The first kappa shape index (κ1) is 13.6. The van der Waals surface area contributed by atoms with Crippen molar-refractivity contribution < 1.29 is 14.6 Å². The molecule has 2 atom stereocenters. The van der Waals surface area contributed by atoms with Crippen LogP contribution in [0, 0.1) is 0 Å². The zero-order chi connectivity index (χ0) is 14.0. The van der Waals surface area contributed by atoms with Crippen LogP contribution in [0.25, 0.3) is 6.08 Å². The summed E-state index contributed by atoms with van der Waals surface area (Å²) in [7, 11) is 0. The van der Waals surface area contributed by atoms with Gasteiger partial charge in [-0.1, -0.05) is 36.4 Å². The lowest BCUT2D eigenvalue weighted by atomic mass is 9.91. The summed E-state index contributed by atoms with van der Waals surface area (Å²) in [5.74, 6) is 0. The van der Waals surface area contributed by atoms with Gasteiger partial charge in [-0.05, 0) is 31.9 Å². The minimum atomic E-state index is -0.756. The molecule has 4 heteroatoms. The molecule has 4 nitrogen and oxygen atoms in total. The fourth-order valence-electron chi connectivity index (χ4n) is 2.01. The molecule has 0 fully saturated rings. The molecule has 0 radical (unpaired) electrons. The van der Waals surface area contributed by atoms with Crippen molar-refractivity contribution in [3.05, 3.63) is 41.5 Å². The molecule has 0 bridgehead atoms. The third kappa shape index (κ3) is 3.35. The molecule has 0 saturated carbocycles. The smallest absolute Gasteiger partial charge is 0.408 e. The number of alkyl carbamates (subject to hydrolysis) is 1. The van der Waals surface area contributed by atoms with Gasteiger partial charge in [0.15, 0.2) is 0 Å². The number of carbonyl (C=O) groups excluding carboxylic acids is 1. The standard InChI is InChI=1S/C15H19NO3/c1-15(2,3)19-14(18)16-12-9-8-10-6-4-5-7-11(10)13(12)17/h4-9,12-13,17H,1-3H3,(H,16,18)/t12-,13-/m1/s1. The van der Waals surface area contributed by atoms with E-state index in [-0.39, 0.29) is 0 Å². The van der Waals surface area contributed by atoms with Crippen molar-refractivity contribution in [1.29, 1.82) is 0 Å². The van der Waals surface area contributed by atoms with Crippen LogP contribution in [0.5, 0.6) is 0 Å². The summed E-state index contributed by atoms with van der Waals surface area (Å²) in [6.07, 6.45) is 2.38. The molecule has 0 heterocycles. The molecule has 102 valence electrons. The topological polar surface area (TPSA) is 58.6 Å². The molecular weight excluding hydrogens is 242 g/mol. The van der Waals surface area contributed by atoms with E-state index >= 15 is 0 Å². The maximum Gasteiger partial charge on any atom is 0.408 e. The second-order valence-corrected chi connectivity index (χ2v) is 5.60. The molecule has 19 heavy (non-hydrogen) atoms. The molecule has 1 aliphatic carbocycles. The summed E-state index contributed by atoms with van der Waals surface area (Å²) in [5, 5.41) is 12.9. The Morgan fingerprint density at radius 3 is 2.68 bits per heavy atom. The highest BCUT2D eigenvalue weighted by molar-refractivity contribution is 5.70. The average molecular weight is 261 g/mol. The van der Waals surface area contributed by atoms with Gasteiger partial charge < -0.3 is 15.2 Å². The largest absolute Gasteiger partial charge is 0.444 e. The van der Waals surface area contributed by atoms with E-state index in [4.69, 9.17) is 4.74 Å². The molecule has 0 aromatic heterocycles. The van der Waals surface area contributed by atoms with E-state index in [0.29, 0.717) is 0 Å². The molecule has 1 amide bonds. The maximum atomic E-state index is 11.7. The normalized spacial score (nSPS) is 21.7. The maximum absolute atomic E-state index is 11.7. The van der Waals surface area contributed by atoms with Gasteiger partial charge in [-0.15, -0.1) is 0 Å². The lowest BCUT2D eigenvalue weighted by molar-refractivity contribution is 0.0453. The first-order valence-electron chi connectivity index (χ1n) is 6.31. The van der Waals surface area contributed by atoms with Gasteiger partial charge in [-0.3, -0.25) is 0 Å². The molecule has 2 N–H and O–H groups in total. The second-order valence-electron chi connectivity index (χ2n) is 5.60. The molecular formula is C15H19NO3. The van der Waals surface area contributed by atoms with E-state index in [1.165, 1.54) is 0 Å². The third-order valence-corrected chi connectivity index (χ3v) is 2.82. The van der Waals surface area contributed by atoms with Gasteiger partial charge in [0.2, 0.25) is 0 Å². The van der Waals surface area contributed by atoms with Crippen molar-refractivity contribution >= 4 is 12.2 Å². The van der Waals surface area contributed by atoms with Crippen molar-refractivity contribution in [2.45, 2.75) is 38.5 Å². The van der Waals surface area contributed by atoms with E-state index in [1.807, 2.05) is 30.3 Å². The molecule has 1 aliphatic rings. The number of carbonyl (C=O) groups is 1. The Labute approximate surface area is 113 Å². The lowest BCUT2D eigenvalue weighted by Gasteiger charge is -2.28. The molecule has 2 rings (SSSR count). The quantitative estimate of drug-likeness (QED) is 0.817. The van der Waals surface area contributed by atoms with E-state index in [2.05, 4.69) is 5.32 Å². The molecule has 1 aromatic carbocycles. The van der Waals surface area contributed by atoms with Crippen LogP contribution >= 0.6 is 0 Å². The number of benzene rings is 1. The van der Waals surface area contributed by atoms with Crippen LogP contribution in [-0.4, -0.2) is 22.8 Å². The van der Waals surface area contributed by atoms with Crippen LogP contribution in [0.1, 0.15) is 38.0 Å². The zero-order valence-electron chi connectivity index (χ0n) is 11.4. The number of amides is 1.